The molecule has 0 unspecified atom stereocenters. The standard InChI is InChI=1S/C18H19BO2/c19-17-11-9-15(10-12-17)14-5-7-16(8-6-14)18(21)4-2-1-3-13-20/h5-12,20H,1-4,13H2. The molecule has 0 bridgehead atoms. The molecule has 0 heterocycles. The third-order valence-electron chi connectivity index (χ3n) is 3.51. The number of carbonyl (C=O) groups excluding carboxylic acids is 1. The van der Waals surface area contributed by atoms with Crippen molar-refractivity contribution in [3.05, 3.63) is 54.1 Å². The van der Waals surface area contributed by atoms with Crippen LogP contribution in [0.2, 0.25) is 0 Å². The number of Topliss-reactive ketones (excluding diaryl/α,β-unsaturated/α-hetero) is 1. The zero-order valence-corrected chi connectivity index (χ0v) is 12.1. The second-order valence-electron chi connectivity index (χ2n) is 5.16. The maximum atomic E-state index is 12.0. The van der Waals surface area contributed by atoms with Crippen molar-refractivity contribution >= 4 is 19.1 Å². The van der Waals surface area contributed by atoms with E-state index < -0.39 is 0 Å². The van der Waals surface area contributed by atoms with Gasteiger partial charge in [0.15, 0.2) is 5.78 Å². The van der Waals surface area contributed by atoms with Gasteiger partial charge in [-0.3, -0.25) is 4.79 Å². The number of aliphatic hydroxyl groups excluding tert-OH is 1. The van der Waals surface area contributed by atoms with Crippen LogP contribution in [0.4, 0.5) is 0 Å². The lowest BCUT2D eigenvalue weighted by Crippen LogP contribution is -2.00. The van der Waals surface area contributed by atoms with E-state index in [4.69, 9.17) is 13.0 Å². The minimum absolute atomic E-state index is 0.164. The summed E-state index contributed by atoms with van der Waals surface area (Å²) < 4.78 is 0. The molecule has 2 aromatic rings. The molecule has 21 heavy (non-hydrogen) atoms. The maximum Gasteiger partial charge on any atom is 0.162 e. The summed E-state index contributed by atoms with van der Waals surface area (Å²) in [5, 5.41) is 8.71. The molecule has 0 spiro atoms. The SMILES string of the molecule is [B]c1ccc(-c2ccc(C(=O)CCCCCO)cc2)cc1. The Morgan fingerprint density at radius 2 is 1.43 bits per heavy atom. The van der Waals surface area contributed by atoms with Gasteiger partial charge < -0.3 is 5.11 Å². The normalized spacial score (nSPS) is 10.5. The van der Waals surface area contributed by atoms with Crippen molar-refractivity contribution in [3.8, 4) is 11.1 Å². The van der Waals surface area contributed by atoms with Crippen molar-refractivity contribution in [1.82, 2.24) is 0 Å². The molecule has 0 saturated carbocycles. The van der Waals surface area contributed by atoms with Gasteiger partial charge in [-0.25, -0.2) is 0 Å². The largest absolute Gasteiger partial charge is 0.396 e. The minimum atomic E-state index is 0.164. The molecule has 0 amide bonds. The molecule has 106 valence electrons. The summed E-state index contributed by atoms with van der Waals surface area (Å²) in [5.41, 5.74) is 3.66. The van der Waals surface area contributed by atoms with E-state index in [1.807, 2.05) is 48.5 Å². The Hall–Kier alpha value is -1.87. The molecule has 0 atom stereocenters. The van der Waals surface area contributed by atoms with Gasteiger partial charge in [0.2, 0.25) is 0 Å². The van der Waals surface area contributed by atoms with Crippen LogP contribution in [0.15, 0.2) is 48.5 Å². The van der Waals surface area contributed by atoms with Crippen LogP contribution in [-0.4, -0.2) is 25.3 Å². The summed E-state index contributed by atoms with van der Waals surface area (Å²) in [7, 11) is 5.68. The third-order valence-corrected chi connectivity index (χ3v) is 3.51. The van der Waals surface area contributed by atoms with Crippen molar-refractivity contribution in [1.29, 1.82) is 0 Å². The molecule has 2 nitrogen and oxygen atoms in total. The van der Waals surface area contributed by atoms with Crippen LogP contribution in [0, 0.1) is 0 Å². The highest BCUT2D eigenvalue weighted by atomic mass is 16.2. The molecule has 0 fully saturated rings. The highest BCUT2D eigenvalue weighted by molar-refractivity contribution is 6.32. The van der Waals surface area contributed by atoms with Gasteiger partial charge in [0.05, 0.1) is 0 Å². The molecule has 3 heteroatoms. The smallest absolute Gasteiger partial charge is 0.162 e. The first-order chi connectivity index (χ1) is 10.2. The van der Waals surface area contributed by atoms with E-state index in [-0.39, 0.29) is 12.4 Å². The molecular weight excluding hydrogens is 259 g/mol. The lowest BCUT2D eigenvalue weighted by molar-refractivity contribution is 0.0978. The number of benzene rings is 2. The predicted molar refractivity (Wildman–Crippen MR) is 87.2 cm³/mol. The van der Waals surface area contributed by atoms with Gasteiger partial charge in [0.1, 0.15) is 7.85 Å². The quantitative estimate of drug-likeness (QED) is 0.480. The third kappa shape index (κ3) is 4.57. The fourth-order valence-electron chi connectivity index (χ4n) is 2.24. The van der Waals surface area contributed by atoms with Crippen LogP contribution >= 0.6 is 0 Å². The Bertz CT molecular complexity index is 573. The number of hydrogen-bond donors (Lipinski definition) is 1. The highest BCUT2D eigenvalue weighted by Gasteiger charge is 2.06. The summed E-state index contributed by atoms with van der Waals surface area (Å²) in [5.74, 6) is 0.164. The fourth-order valence-corrected chi connectivity index (χ4v) is 2.24. The Balaban J connectivity index is 1.98. The maximum absolute atomic E-state index is 12.0. The molecule has 2 radical (unpaired) electrons. The summed E-state index contributed by atoms with van der Waals surface area (Å²) in [6.45, 7) is 0.199. The van der Waals surface area contributed by atoms with E-state index in [0.717, 1.165) is 41.4 Å². The first-order valence-corrected chi connectivity index (χ1v) is 7.31. The van der Waals surface area contributed by atoms with Gasteiger partial charge in [-0.2, -0.15) is 0 Å². The van der Waals surface area contributed by atoms with Crippen molar-refractivity contribution in [2.24, 2.45) is 0 Å². The number of aliphatic hydroxyl groups is 1. The lowest BCUT2D eigenvalue weighted by atomic mass is 9.93. The Morgan fingerprint density at radius 1 is 0.857 bits per heavy atom. The first kappa shape index (κ1) is 15.5. The van der Waals surface area contributed by atoms with Gasteiger partial charge in [-0.15, -0.1) is 0 Å². The van der Waals surface area contributed by atoms with Crippen LogP contribution in [0.3, 0.4) is 0 Å². The number of carbonyl (C=O) groups is 1. The van der Waals surface area contributed by atoms with Crippen LogP contribution in [0.25, 0.3) is 11.1 Å². The molecule has 0 aliphatic rings. The number of unbranched alkanes of at least 4 members (excludes halogenated alkanes) is 2. The van der Waals surface area contributed by atoms with E-state index in [2.05, 4.69) is 0 Å². The summed E-state index contributed by atoms with van der Waals surface area (Å²) in [4.78, 5) is 12.0. The predicted octanol–water partition coefficient (Wildman–Crippen LogP) is 2.88. The molecule has 0 saturated heterocycles. The van der Waals surface area contributed by atoms with E-state index >= 15 is 0 Å². The van der Waals surface area contributed by atoms with Gasteiger partial charge in [0, 0.05) is 18.6 Å². The summed E-state index contributed by atoms with van der Waals surface area (Å²) >= 11 is 0. The van der Waals surface area contributed by atoms with Crippen molar-refractivity contribution in [3.63, 3.8) is 0 Å². The Labute approximate surface area is 127 Å². The minimum Gasteiger partial charge on any atom is -0.396 e. The van der Waals surface area contributed by atoms with Gasteiger partial charge in [-0.1, -0.05) is 60.4 Å². The summed E-state index contributed by atoms with van der Waals surface area (Å²) in [6.07, 6.45) is 3.04. The number of rotatable bonds is 7. The van der Waals surface area contributed by atoms with Gasteiger partial charge in [-0.05, 0) is 24.0 Å². The zero-order chi connectivity index (χ0) is 15.1. The summed E-state index contributed by atoms with van der Waals surface area (Å²) in [6, 6.07) is 15.4. The van der Waals surface area contributed by atoms with Crippen molar-refractivity contribution < 1.29 is 9.90 Å². The van der Waals surface area contributed by atoms with Crippen molar-refractivity contribution in [2.45, 2.75) is 25.7 Å². The van der Waals surface area contributed by atoms with E-state index in [1.165, 1.54) is 0 Å². The highest BCUT2D eigenvalue weighted by Crippen LogP contribution is 2.19. The topological polar surface area (TPSA) is 37.3 Å². The van der Waals surface area contributed by atoms with Crippen LogP contribution < -0.4 is 5.46 Å². The molecule has 2 rings (SSSR count). The van der Waals surface area contributed by atoms with Gasteiger partial charge in [0.25, 0.3) is 0 Å². The second kappa shape index (κ2) is 7.80. The average molecular weight is 278 g/mol. The molecule has 0 aliphatic heterocycles. The zero-order valence-electron chi connectivity index (χ0n) is 12.1. The van der Waals surface area contributed by atoms with Gasteiger partial charge >= 0.3 is 0 Å². The van der Waals surface area contributed by atoms with Crippen molar-refractivity contribution in [2.75, 3.05) is 6.61 Å². The van der Waals surface area contributed by atoms with Crippen LogP contribution in [0.5, 0.6) is 0 Å². The second-order valence-corrected chi connectivity index (χ2v) is 5.16. The number of ketones is 1. The average Bonchev–Trinajstić information content (AvgIpc) is 2.52. The molecule has 0 aliphatic carbocycles. The van der Waals surface area contributed by atoms with E-state index in [1.54, 1.807) is 0 Å². The number of hydrogen-bond acceptors (Lipinski definition) is 2. The lowest BCUT2D eigenvalue weighted by Gasteiger charge is -2.05. The first-order valence-electron chi connectivity index (χ1n) is 7.31. The molecule has 1 N–H and O–H groups in total. The Morgan fingerprint density at radius 3 is 2.00 bits per heavy atom. The van der Waals surface area contributed by atoms with Crippen LogP contribution in [-0.2, 0) is 0 Å². The monoisotopic (exact) mass is 278 g/mol. The molecular formula is C18H19BO2. The Kier molecular flexibility index (Phi) is 5.76. The van der Waals surface area contributed by atoms with E-state index in [0.29, 0.717) is 6.42 Å². The molecule has 0 aromatic heterocycles. The molecule has 2 aromatic carbocycles. The fraction of sp³-hybridized carbons (Fsp3) is 0.278. The van der Waals surface area contributed by atoms with E-state index in [9.17, 15) is 4.79 Å². The van der Waals surface area contributed by atoms with Crippen LogP contribution in [0.1, 0.15) is 36.0 Å².